The van der Waals surface area contributed by atoms with E-state index in [0.717, 1.165) is 45.3 Å². The van der Waals surface area contributed by atoms with Crippen molar-refractivity contribution in [3.63, 3.8) is 0 Å². The van der Waals surface area contributed by atoms with E-state index in [1.165, 1.54) is 18.2 Å². The van der Waals surface area contributed by atoms with Crippen molar-refractivity contribution in [3.05, 3.63) is 52.0 Å². The highest BCUT2D eigenvalue weighted by atomic mass is 35.5. The molecular formula is C22H23Cl2N3O3S. The molecule has 0 spiro atoms. The van der Waals surface area contributed by atoms with Crippen molar-refractivity contribution in [2.75, 3.05) is 26.2 Å². The molecule has 4 rings (SSSR count). The maximum absolute atomic E-state index is 13.7. The predicted molar refractivity (Wildman–Crippen MR) is 120 cm³/mol. The molecule has 9 heteroatoms. The number of nitrogens with zero attached hydrogens (tertiary/aromatic N) is 3. The zero-order valence-corrected chi connectivity index (χ0v) is 19.3. The fourth-order valence-corrected chi connectivity index (χ4v) is 6.61. The summed E-state index contributed by atoms with van der Waals surface area (Å²) in [5.74, 6) is 0.470. The fourth-order valence-electron chi connectivity index (χ4n) is 4.28. The van der Waals surface area contributed by atoms with Crippen molar-refractivity contribution in [3.8, 4) is 17.6 Å². The standard InChI is InChI=1S/C22H23Cl2N3O3S/c23-17-11-18(24)13-20(12-17)30-21-6-5-16(14-25)10-22(21)31(28,29)27-9-3-4-19(27)15-26-7-1-2-8-26/h5-6,10-13,19H,1-4,7-9,15H2. The van der Waals surface area contributed by atoms with Crippen molar-refractivity contribution in [2.24, 2.45) is 0 Å². The van der Waals surface area contributed by atoms with Crippen molar-refractivity contribution >= 4 is 33.2 Å². The van der Waals surface area contributed by atoms with Gasteiger partial charge in [-0.15, -0.1) is 0 Å². The fraction of sp³-hybridized carbons (Fsp3) is 0.409. The molecule has 0 N–H and O–H groups in total. The van der Waals surface area contributed by atoms with Crippen LogP contribution in [-0.2, 0) is 10.0 Å². The van der Waals surface area contributed by atoms with Crippen molar-refractivity contribution < 1.29 is 13.2 Å². The van der Waals surface area contributed by atoms with Gasteiger partial charge in [-0.1, -0.05) is 23.2 Å². The van der Waals surface area contributed by atoms with E-state index < -0.39 is 10.0 Å². The maximum atomic E-state index is 13.7. The average molecular weight is 480 g/mol. The predicted octanol–water partition coefficient (Wildman–Crippen LogP) is 4.91. The molecule has 1 unspecified atom stereocenters. The molecule has 0 aromatic heterocycles. The van der Waals surface area contributed by atoms with Gasteiger partial charge in [-0.05, 0) is 75.2 Å². The van der Waals surface area contributed by atoms with Crippen LogP contribution in [0.5, 0.6) is 11.5 Å². The Balaban J connectivity index is 1.68. The topological polar surface area (TPSA) is 73.6 Å². The van der Waals surface area contributed by atoms with E-state index >= 15 is 0 Å². The Morgan fingerprint density at radius 1 is 1.03 bits per heavy atom. The molecule has 2 aromatic carbocycles. The molecule has 0 bridgehead atoms. The van der Waals surface area contributed by atoms with Gasteiger partial charge in [-0.25, -0.2) is 8.42 Å². The molecule has 2 aliphatic rings. The Labute approximate surface area is 193 Å². The van der Waals surface area contributed by atoms with Crippen molar-refractivity contribution in [1.82, 2.24) is 9.21 Å². The van der Waals surface area contributed by atoms with E-state index in [4.69, 9.17) is 27.9 Å². The normalized spacial score (nSPS) is 20.1. The second kappa shape index (κ2) is 9.35. The summed E-state index contributed by atoms with van der Waals surface area (Å²) in [4.78, 5) is 2.31. The number of rotatable bonds is 6. The molecule has 164 valence electrons. The first-order valence-electron chi connectivity index (χ1n) is 10.3. The summed E-state index contributed by atoms with van der Waals surface area (Å²) in [5.41, 5.74) is 0.255. The van der Waals surface area contributed by atoms with Crippen LogP contribution in [0.25, 0.3) is 0 Å². The molecular weight excluding hydrogens is 457 g/mol. The first-order chi connectivity index (χ1) is 14.9. The lowest BCUT2D eigenvalue weighted by Crippen LogP contribution is -2.42. The third-order valence-electron chi connectivity index (χ3n) is 5.71. The average Bonchev–Trinajstić information content (AvgIpc) is 3.40. The lowest BCUT2D eigenvalue weighted by Gasteiger charge is -2.28. The minimum absolute atomic E-state index is 0.0176. The molecule has 2 fully saturated rings. The lowest BCUT2D eigenvalue weighted by molar-refractivity contribution is 0.257. The highest BCUT2D eigenvalue weighted by molar-refractivity contribution is 7.89. The SMILES string of the molecule is N#Cc1ccc(Oc2cc(Cl)cc(Cl)c2)c(S(=O)(=O)N2CCCC2CN2CCCC2)c1. The Hall–Kier alpha value is -1.82. The van der Waals surface area contributed by atoms with Gasteiger partial charge in [0.25, 0.3) is 0 Å². The molecule has 2 aromatic rings. The van der Waals surface area contributed by atoms with Gasteiger partial charge in [0.15, 0.2) is 0 Å². The van der Waals surface area contributed by atoms with Gasteiger partial charge in [0.2, 0.25) is 10.0 Å². The highest BCUT2D eigenvalue weighted by Crippen LogP contribution is 2.36. The van der Waals surface area contributed by atoms with E-state index in [2.05, 4.69) is 4.90 Å². The molecule has 31 heavy (non-hydrogen) atoms. The Bertz CT molecular complexity index is 1090. The first-order valence-corrected chi connectivity index (χ1v) is 12.5. The zero-order valence-electron chi connectivity index (χ0n) is 16.9. The molecule has 1 atom stereocenters. The number of sulfonamides is 1. The number of likely N-dealkylation sites (tertiary alicyclic amines) is 1. The van der Waals surface area contributed by atoms with Crippen LogP contribution in [0.3, 0.4) is 0 Å². The number of benzene rings is 2. The molecule has 0 amide bonds. The van der Waals surface area contributed by atoms with Crippen molar-refractivity contribution in [2.45, 2.75) is 36.6 Å². The van der Waals surface area contributed by atoms with Crippen LogP contribution in [0.1, 0.15) is 31.2 Å². The van der Waals surface area contributed by atoms with Crippen LogP contribution in [0.15, 0.2) is 41.3 Å². The van der Waals surface area contributed by atoms with Gasteiger partial charge in [0.05, 0.1) is 11.6 Å². The summed E-state index contributed by atoms with van der Waals surface area (Å²) in [6.45, 7) is 3.22. The van der Waals surface area contributed by atoms with Crippen LogP contribution in [-0.4, -0.2) is 49.8 Å². The zero-order chi connectivity index (χ0) is 22.0. The quantitative estimate of drug-likeness (QED) is 0.588. The molecule has 0 saturated carbocycles. The van der Waals surface area contributed by atoms with Crippen LogP contribution in [0.2, 0.25) is 10.0 Å². The summed E-state index contributed by atoms with van der Waals surface area (Å²) >= 11 is 12.1. The minimum atomic E-state index is -3.87. The van der Waals surface area contributed by atoms with Gasteiger partial charge in [-0.2, -0.15) is 9.57 Å². The van der Waals surface area contributed by atoms with Crippen LogP contribution in [0, 0.1) is 11.3 Å². The van der Waals surface area contributed by atoms with E-state index in [0.29, 0.717) is 22.3 Å². The smallest absolute Gasteiger partial charge is 0.247 e. The highest BCUT2D eigenvalue weighted by Gasteiger charge is 2.38. The molecule has 0 aliphatic carbocycles. The van der Waals surface area contributed by atoms with Gasteiger partial charge in [-0.3, -0.25) is 0 Å². The monoisotopic (exact) mass is 479 g/mol. The second-order valence-electron chi connectivity index (χ2n) is 7.90. The molecule has 0 radical (unpaired) electrons. The number of hydrogen-bond acceptors (Lipinski definition) is 5. The number of ether oxygens (including phenoxy) is 1. The Morgan fingerprint density at radius 3 is 2.42 bits per heavy atom. The van der Waals surface area contributed by atoms with Gasteiger partial charge >= 0.3 is 0 Å². The lowest BCUT2D eigenvalue weighted by atomic mass is 10.2. The summed E-state index contributed by atoms with van der Waals surface area (Å²) in [6, 6.07) is 11.1. The third-order valence-corrected chi connectivity index (χ3v) is 8.12. The first kappa shape index (κ1) is 22.4. The van der Waals surface area contributed by atoms with Gasteiger partial charge in [0.1, 0.15) is 16.4 Å². The number of halogens is 2. The molecule has 2 saturated heterocycles. The second-order valence-corrected chi connectivity index (χ2v) is 10.6. The summed E-state index contributed by atoms with van der Waals surface area (Å²) < 4.78 is 34.9. The maximum Gasteiger partial charge on any atom is 0.247 e. The van der Waals surface area contributed by atoms with Gasteiger partial charge in [0, 0.05) is 29.2 Å². The largest absolute Gasteiger partial charge is 0.456 e. The van der Waals surface area contributed by atoms with Crippen molar-refractivity contribution in [1.29, 1.82) is 5.26 Å². The summed E-state index contributed by atoms with van der Waals surface area (Å²) in [6.07, 6.45) is 3.96. The van der Waals surface area contributed by atoms with E-state index in [1.54, 1.807) is 22.5 Å². The van der Waals surface area contributed by atoms with Gasteiger partial charge < -0.3 is 9.64 Å². The van der Waals surface area contributed by atoms with E-state index in [9.17, 15) is 13.7 Å². The van der Waals surface area contributed by atoms with Crippen LogP contribution < -0.4 is 4.74 Å². The van der Waals surface area contributed by atoms with Crippen LogP contribution >= 0.6 is 23.2 Å². The molecule has 2 heterocycles. The third kappa shape index (κ3) is 5.00. The minimum Gasteiger partial charge on any atom is -0.456 e. The Morgan fingerprint density at radius 2 is 1.74 bits per heavy atom. The molecule has 2 aliphatic heterocycles. The van der Waals surface area contributed by atoms with E-state index in [-0.39, 0.29) is 22.3 Å². The van der Waals surface area contributed by atoms with E-state index in [1.807, 2.05) is 6.07 Å². The molecule has 6 nitrogen and oxygen atoms in total. The Kier molecular flexibility index (Phi) is 6.75. The number of nitriles is 1. The van der Waals surface area contributed by atoms with Crippen LogP contribution in [0.4, 0.5) is 0 Å². The summed E-state index contributed by atoms with van der Waals surface area (Å²) in [5, 5.41) is 10.1. The summed E-state index contributed by atoms with van der Waals surface area (Å²) in [7, 11) is -3.87. The number of hydrogen-bond donors (Lipinski definition) is 0.